The van der Waals surface area contributed by atoms with Crippen molar-refractivity contribution in [1.82, 2.24) is 19.9 Å². The highest BCUT2D eigenvalue weighted by molar-refractivity contribution is 9.10. The van der Waals surface area contributed by atoms with Gasteiger partial charge < -0.3 is 0 Å². The van der Waals surface area contributed by atoms with Crippen LogP contribution in [0.2, 0.25) is 0 Å². The van der Waals surface area contributed by atoms with E-state index in [9.17, 15) is 13.2 Å². The Morgan fingerprint density at radius 1 is 1.09 bits per heavy atom. The van der Waals surface area contributed by atoms with Crippen LogP contribution < -0.4 is 10.0 Å². The fraction of sp³-hybridized carbons (Fsp3) is 0.217. The van der Waals surface area contributed by atoms with Crippen molar-refractivity contribution in [2.75, 3.05) is 5.32 Å². The maximum atomic E-state index is 13.3. The summed E-state index contributed by atoms with van der Waals surface area (Å²) < 4.78 is 30.1. The lowest BCUT2D eigenvalue weighted by molar-refractivity contribution is -0.118. The smallest absolute Gasteiger partial charge is 0.244 e. The number of para-hydroxylation sites is 1. The van der Waals surface area contributed by atoms with Crippen molar-refractivity contribution in [1.29, 1.82) is 0 Å². The molecule has 0 radical (unpaired) electrons. The number of nitrogens with one attached hydrogen (secondary N) is 2. The molecule has 0 spiro atoms. The van der Waals surface area contributed by atoms with E-state index < -0.39 is 22.0 Å². The molecule has 1 amide bonds. The minimum absolute atomic E-state index is 0.0279. The number of halogens is 1. The Morgan fingerprint density at radius 3 is 2.56 bits per heavy atom. The third-order valence-corrected chi connectivity index (χ3v) is 8.30. The van der Waals surface area contributed by atoms with E-state index in [-0.39, 0.29) is 10.8 Å². The standard InChI is InChI=1S/C23H22BrN5O3S2/c1-3-14(2)19(29-34(31,32)18-8-4-6-15-7-5-13-25-20(15)18)21(30)26-23-28-27-22(33-23)16-9-11-17(24)12-10-16/h4-14,19,29H,3H2,1-2H3,(H,26,28,30). The predicted octanol–water partition coefficient (Wildman–Crippen LogP) is 4.85. The lowest BCUT2D eigenvalue weighted by Crippen LogP contribution is -2.47. The topological polar surface area (TPSA) is 114 Å². The molecule has 0 saturated carbocycles. The second kappa shape index (κ2) is 10.3. The van der Waals surface area contributed by atoms with Crippen LogP contribution in [0, 0.1) is 5.92 Å². The number of pyridine rings is 1. The zero-order chi connectivity index (χ0) is 24.3. The highest BCUT2D eigenvalue weighted by Crippen LogP contribution is 2.28. The molecule has 176 valence electrons. The van der Waals surface area contributed by atoms with Crippen LogP contribution in [0.25, 0.3) is 21.5 Å². The summed E-state index contributed by atoms with van der Waals surface area (Å²) >= 11 is 4.61. The van der Waals surface area contributed by atoms with Crippen LogP contribution in [0.4, 0.5) is 5.13 Å². The van der Waals surface area contributed by atoms with Crippen LogP contribution in [-0.2, 0) is 14.8 Å². The summed E-state index contributed by atoms with van der Waals surface area (Å²) in [5, 5.41) is 12.6. The van der Waals surface area contributed by atoms with E-state index >= 15 is 0 Å². The number of amides is 1. The molecule has 0 aliphatic carbocycles. The number of rotatable bonds is 8. The number of anilines is 1. The summed E-state index contributed by atoms with van der Waals surface area (Å²) in [6, 6.07) is 15.0. The first-order valence-electron chi connectivity index (χ1n) is 10.5. The first-order chi connectivity index (χ1) is 16.3. The number of sulfonamides is 1. The van der Waals surface area contributed by atoms with Crippen molar-refractivity contribution in [2.24, 2.45) is 5.92 Å². The Kier molecular flexibility index (Phi) is 7.36. The van der Waals surface area contributed by atoms with Gasteiger partial charge in [-0.15, -0.1) is 10.2 Å². The van der Waals surface area contributed by atoms with Crippen molar-refractivity contribution in [3.8, 4) is 10.6 Å². The molecule has 4 aromatic rings. The fourth-order valence-electron chi connectivity index (χ4n) is 3.35. The Labute approximate surface area is 210 Å². The van der Waals surface area contributed by atoms with Gasteiger partial charge in [0, 0.05) is 21.6 Å². The molecule has 0 aliphatic heterocycles. The van der Waals surface area contributed by atoms with Crippen LogP contribution in [0.3, 0.4) is 0 Å². The maximum Gasteiger partial charge on any atom is 0.244 e. The molecule has 2 unspecified atom stereocenters. The van der Waals surface area contributed by atoms with Gasteiger partial charge in [0.1, 0.15) is 15.9 Å². The number of hydrogen-bond donors (Lipinski definition) is 2. The summed E-state index contributed by atoms with van der Waals surface area (Å²) in [5.41, 5.74) is 1.22. The molecule has 34 heavy (non-hydrogen) atoms. The van der Waals surface area contributed by atoms with E-state index in [0.29, 0.717) is 27.5 Å². The average Bonchev–Trinajstić information content (AvgIpc) is 3.30. The summed E-state index contributed by atoms with van der Waals surface area (Å²) in [6.07, 6.45) is 2.13. The van der Waals surface area contributed by atoms with Gasteiger partial charge in [0.2, 0.25) is 21.1 Å². The second-order valence-corrected chi connectivity index (χ2v) is 11.3. The lowest BCUT2D eigenvalue weighted by atomic mass is 9.99. The highest BCUT2D eigenvalue weighted by Gasteiger charge is 2.31. The van der Waals surface area contributed by atoms with E-state index in [1.165, 1.54) is 17.4 Å². The van der Waals surface area contributed by atoms with Crippen molar-refractivity contribution >= 4 is 59.2 Å². The number of nitrogens with zero attached hydrogens (tertiary/aromatic N) is 3. The van der Waals surface area contributed by atoms with Gasteiger partial charge in [0.25, 0.3) is 0 Å². The van der Waals surface area contributed by atoms with Gasteiger partial charge in [-0.2, -0.15) is 4.72 Å². The first-order valence-corrected chi connectivity index (χ1v) is 13.6. The van der Waals surface area contributed by atoms with E-state index in [2.05, 4.69) is 41.2 Å². The molecule has 0 bridgehead atoms. The van der Waals surface area contributed by atoms with Crippen molar-refractivity contribution in [3.05, 3.63) is 65.3 Å². The number of carbonyl (C=O) groups is 1. The van der Waals surface area contributed by atoms with E-state index in [0.717, 1.165) is 10.0 Å². The second-order valence-electron chi connectivity index (χ2n) is 7.72. The molecule has 2 N–H and O–H groups in total. The van der Waals surface area contributed by atoms with E-state index in [1.54, 1.807) is 30.5 Å². The molecule has 0 saturated heterocycles. The molecule has 2 heterocycles. The average molecular weight is 560 g/mol. The highest BCUT2D eigenvalue weighted by atomic mass is 79.9. The number of fused-ring (bicyclic) bond motifs is 1. The molecular weight excluding hydrogens is 538 g/mol. The van der Waals surface area contributed by atoms with Gasteiger partial charge in [-0.25, -0.2) is 8.42 Å². The SMILES string of the molecule is CCC(C)C(NS(=O)(=O)c1cccc2cccnc12)C(=O)Nc1nnc(-c2ccc(Br)cc2)s1. The summed E-state index contributed by atoms with van der Waals surface area (Å²) in [7, 11) is -4.03. The van der Waals surface area contributed by atoms with Crippen LogP contribution >= 0.6 is 27.3 Å². The van der Waals surface area contributed by atoms with Gasteiger partial charge in [0.05, 0.1) is 5.52 Å². The van der Waals surface area contributed by atoms with Gasteiger partial charge in [-0.05, 0) is 30.2 Å². The number of benzene rings is 2. The number of hydrogen-bond acceptors (Lipinski definition) is 7. The molecule has 0 fully saturated rings. The van der Waals surface area contributed by atoms with E-state index in [4.69, 9.17) is 0 Å². The maximum absolute atomic E-state index is 13.3. The third-order valence-electron chi connectivity index (χ3n) is 5.41. The first kappa shape index (κ1) is 24.4. The molecule has 11 heteroatoms. The minimum Gasteiger partial charge on any atom is -0.299 e. The Bertz CT molecular complexity index is 1420. The molecule has 8 nitrogen and oxygen atoms in total. The quantitative estimate of drug-likeness (QED) is 0.319. The summed E-state index contributed by atoms with van der Waals surface area (Å²) in [5.74, 6) is -0.763. The lowest BCUT2D eigenvalue weighted by Gasteiger charge is -2.23. The largest absolute Gasteiger partial charge is 0.299 e. The minimum atomic E-state index is -4.03. The fourth-order valence-corrected chi connectivity index (χ4v) is 5.85. The van der Waals surface area contributed by atoms with Gasteiger partial charge in [-0.1, -0.05) is 77.9 Å². The zero-order valence-electron chi connectivity index (χ0n) is 18.4. The summed E-state index contributed by atoms with van der Waals surface area (Å²) in [6.45, 7) is 3.72. The normalized spacial score (nSPS) is 13.5. The van der Waals surface area contributed by atoms with Crippen molar-refractivity contribution in [2.45, 2.75) is 31.2 Å². The van der Waals surface area contributed by atoms with Gasteiger partial charge in [0.15, 0.2) is 0 Å². The molecule has 2 atom stereocenters. The molecule has 2 aromatic carbocycles. The Morgan fingerprint density at radius 2 is 1.82 bits per heavy atom. The van der Waals surface area contributed by atoms with Crippen molar-refractivity contribution < 1.29 is 13.2 Å². The predicted molar refractivity (Wildman–Crippen MR) is 137 cm³/mol. The molecular formula is C23H22BrN5O3S2. The number of carbonyl (C=O) groups excluding carboxylic acids is 1. The van der Waals surface area contributed by atoms with Crippen LogP contribution in [0.15, 0.2) is 70.2 Å². The molecule has 4 rings (SSSR count). The number of aromatic nitrogens is 3. The van der Waals surface area contributed by atoms with E-state index in [1.807, 2.05) is 38.1 Å². The van der Waals surface area contributed by atoms with Crippen LogP contribution in [0.5, 0.6) is 0 Å². The van der Waals surface area contributed by atoms with Crippen LogP contribution in [0.1, 0.15) is 20.3 Å². The molecule has 2 aromatic heterocycles. The Hall–Kier alpha value is -2.73. The third kappa shape index (κ3) is 5.33. The Balaban J connectivity index is 1.57. The summed E-state index contributed by atoms with van der Waals surface area (Å²) in [4.78, 5) is 17.4. The van der Waals surface area contributed by atoms with Gasteiger partial charge in [-0.3, -0.25) is 15.1 Å². The van der Waals surface area contributed by atoms with Crippen LogP contribution in [-0.4, -0.2) is 35.5 Å². The molecule has 0 aliphatic rings. The van der Waals surface area contributed by atoms with Crippen molar-refractivity contribution in [3.63, 3.8) is 0 Å². The van der Waals surface area contributed by atoms with Gasteiger partial charge >= 0.3 is 0 Å². The zero-order valence-corrected chi connectivity index (χ0v) is 21.6. The monoisotopic (exact) mass is 559 g/mol.